The van der Waals surface area contributed by atoms with E-state index < -0.39 is 59.8 Å². The van der Waals surface area contributed by atoms with Crippen molar-refractivity contribution in [2.45, 2.75) is 44.4 Å². The van der Waals surface area contributed by atoms with Crippen molar-refractivity contribution >= 4 is 34.6 Å². The number of hydrogen-bond acceptors (Lipinski definition) is 6. The molecule has 0 radical (unpaired) electrons. The zero-order chi connectivity index (χ0) is 31.9. The van der Waals surface area contributed by atoms with Crippen LogP contribution in [0, 0.1) is 11.6 Å². The van der Waals surface area contributed by atoms with E-state index >= 15 is 0 Å². The van der Waals surface area contributed by atoms with Crippen LogP contribution in [-0.4, -0.2) is 70.8 Å². The Morgan fingerprint density at radius 3 is 2.58 bits per heavy atom. The largest absolute Gasteiger partial charge is 0.453 e. The summed E-state index contributed by atoms with van der Waals surface area (Å²) in [4.78, 5) is 57.5. The fourth-order valence-electron chi connectivity index (χ4n) is 3.99. The van der Waals surface area contributed by atoms with Crippen molar-refractivity contribution in [3.8, 4) is 0 Å². The molecule has 1 aromatic carbocycles. The molecule has 2 aromatic heterocycles. The molecule has 16 heteroatoms. The Balaban J connectivity index is 1.81. The molecule has 3 N–H and O–H groups in total. The lowest BCUT2D eigenvalue weighted by Crippen LogP contribution is -2.44. The number of H-pyrrole nitrogens is 1. The van der Waals surface area contributed by atoms with Crippen molar-refractivity contribution in [1.82, 2.24) is 24.8 Å². The number of methoxy groups -OCH3 is 1. The highest BCUT2D eigenvalue weighted by Crippen LogP contribution is 2.28. The monoisotopic (exact) mass is 612 g/mol. The van der Waals surface area contributed by atoms with Crippen LogP contribution < -0.4 is 16.2 Å². The second-order valence-corrected chi connectivity index (χ2v) is 9.59. The van der Waals surface area contributed by atoms with Crippen molar-refractivity contribution in [3.05, 3.63) is 69.9 Å². The molecule has 232 valence electrons. The molecule has 1 atom stereocenters. The normalized spacial score (nSPS) is 12.4. The lowest BCUT2D eigenvalue weighted by molar-refractivity contribution is -0.134. The fraction of sp³-hybridized carbons (Fsp3) is 0.370. The van der Waals surface area contributed by atoms with Gasteiger partial charge in [0.1, 0.15) is 28.9 Å². The number of halogens is 5. The van der Waals surface area contributed by atoms with Crippen LogP contribution in [0.4, 0.5) is 32.4 Å². The number of carbonyl (C=O) groups is 3. The number of fused-ring (bicyclic) bond motifs is 1. The number of aromatic amines is 1. The van der Waals surface area contributed by atoms with Crippen LogP contribution in [0.5, 0.6) is 0 Å². The van der Waals surface area contributed by atoms with Gasteiger partial charge in [0.2, 0.25) is 11.8 Å². The maximum absolute atomic E-state index is 14.4. The molecule has 2 heterocycles. The zero-order valence-electron chi connectivity index (χ0n) is 23.3. The molecular weight excluding hydrogens is 583 g/mol. The number of rotatable bonds is 11. The summed E-state index contributed by atoms with van der Waals surface area (Å²) in [6.45, 7) is -0.328. The van der Waals surface area contributed by atoms with Gasteiger partial charge in [0.25, 0.3) is 5.56 Å². The van der Waals surface area contributed by atoms with Crippen molar-refractivity contribution in [3.63, 3.8) is 0 Å². The van der Waals surface area contributed by atoms with E-state index in [0.717, 1.165) is 11.7 Å². The zero-order valence-corrected chi connectivity index (χ0v) is 23.3. The van der Waals surface area contributed by atoms with E-state index in [1.807, 2.05) is 0 Å². The second kappa shape index (κ2) is 13.9. The fourth-order valence-corrected chi connectivity index (χ4v) is 3.99. The average Bonchev–Trinajstić information content (AvgIpc) is 3.35. The number of alkyl halides is 3. The summed E-state index contributed by atoms with van der Waals surface area (Å²) < 4.78 is 72.6. The lowest BCUT2D eigenvalue weighted by Gasteiger charge is -2.17. The highest BCUT2D eigenvalue weighted by atomic mass is 19.4. The van der Waals surface area contributed by atoms with E-state index in [1.54, 1.807) is 14.1 Å². The third kappa shape index (κ3) is 8.86. The van der Waals surface area contributed by atoms with Crippen molar-refractivity contribution in [2.75, 3.05) is 26.5 Å². The van der Waals surface area contributed by atoms with E-state index in [1.165, 1.54) is 35.4 Å². The molecule has 3 rings (SSSR count). The van der Waals surface area contributed by atoms with Crippen LogP contribution in [-0.2, 0) is 27.3 Å². The van der Waals surface area contributed by atoms with Gasteiger partial charge in [-0.15, -0.1) is 0 Å². The molecule has 0 aliphatic rings. The first kappa shape index (κ1) is 32.8. The maximum atomic E-state index is 14.4. The van der Waals surface area contributed by atoms with Crippen molar-refractivity contribution in [2.24, 2.45) is 0 Å². The first-order chi connectivity index (χ1) is 20.2. The van der Waals surface area contributed by atoms with Gasteiger partial charge in [-0.3, -0.25) is 14.4 Å². The van der Waals surface area contributed by atoms with Crippen LogP contribution in [0.1, 0.15) is 30.7 Å². The highest BCUT2D eigenvalue weighted by molar-refractivity contribution is 5.96. The number of aryl methyl sites for hydroxylation is 1. The second-order valence-electron chi connectivity index (χ2n) is 9.59. The number of imidazole rings is 1. The minimum Gasteiger partial charge on any atom is -0.453 e. The molecule has 3 aromatic rings. The van der Waals surface area contributed by atoms with Gasteiger partial charge in [-0.2, -0.15) is 13.2 Å². The van der Waals surface area contributed by atoms with Crippen molar-refractivity contribution in [1.29, 1.82) is 0 Å². The lowest BCUT2D eigenvalue weighted by atomic mass is 10.1. The van der Waals surface area contributed by atoms with Crippen LogP contribution in [0.15, 0.2) is 41.3 Å². The molecule has 3 amide bonds. The molecule has 0 bridgehead atoms. The third-order valence-corrected chi connectivity index (χ3v) is 6.20. The molecule has 43 heavy (non-hydrogen) atoms. The summed E-state index contributed by atoms with van der Waals surface area (Å²) in [5.41, 5.74) is -1.96. The summed E-state index contributed by atoms with van der Waals surface area (Å²) in [5, 5.41) is 4.79. The van der Waals surface area contributed by atoms with Gasteiger partial charge in [0.05, 0.1) is 19.2 Å². The molecular formula is C27H29F5N6O5. The van der Waals surface area contributed by atoms with Crippen LogP contribution >= 0.6 is 0 Å². The Morgan fingerprint density at radius 2 is 1.93 bits per heavy atom. The van der Waals surface area contributed by atoms with Gasteiger partial charge in [0.15, 0.2) is 5.82 Å². The van der Waals surface area contributed by atoms with Crippen LogP contribution in [0.25, 0.3) is 11.0 Å². The Bertz CT molecular complexity index is 1580. The Hall–Kier alpha value is -4.76. The van der Waals surface area contributed by atoms with Crippen molar-refractivity contribution < 1.29 is 41.1 Å². The number of allylic oxidation sites excluding steroid dienone is 1. The van der Waals surface area contributed by atoms with Crippen LogP contribution in [0.2, 0.25) is 0 Å². The van der Waals surface area contributed by atoms with E-state index in [-0.39, 0.29) is 47.8 Å². The first-order valence-electron chi connectivity index (χ1n) is 12.8. The predicted molar refractivity (Wildman–Crippen MR) is 145 cm³/mol. The number of carbonyl (C=O) groups excluding carboxylic acids is 3. The molecule has 0 aliphatic heterocycles. The van der Waals surface area contributed by atoms with Gasteiger partial charge >= 0.3 is 12.3 Å². The summed E-state index contributed by atoms with van der Waals surface area (Å²) in [7, 11) is 4.24. The summed E-state index contributed by atoms with van der Waals surface area (Å²) in [6, 6.07) is 2.01. The molecule has 1 unspecified atom stereocenters. The molecule has 11 nitrogen and oxygen atoms in total. The van der Waals surface area contributed by atoms with E-state index in [2.05, 4.69) is 25.3 Å². The predicted octanol–water partition coefficient (Wildman–Crippen LogP) is 3.63. The van der Waals surface area contributed by atoms with Gasteiger partial charge in [-0.25, -0.2) is 18.6 Å². The number of nitrogens with zero attached hydrogens (tertiary/aromatic N) is 3. The molecule has 0 spiro atoms. The molecule has 0 fully saturated rings. The van der Waals surface area contributed by atoms with Gasteiger partial charge in [0, 0.05) is 38.3 Å². The first-order valence-corrected chi connectivity index (χ1v) is 12.8. The Kier molecular flexibility index (Phi) is 10.6. The SMILES string of the molecule is COC(=O)NC(CC/C=C/C(=O)N(C)C)C(=O)Nc1cccn(Cc2nc3c(F)cc(F)c(CCC(F)(F)F)c3[nH]2)c1=O. The number of likely N-dealkylation sites (N-methyl/N-ethyl adjacent to an activating group) is 1. The van der Waals surface area contributed by atoms with Gasteiger partial charge in [-0.1, -0.05) is 6.08 Å². The third-order valence-electron chi connectivity index (χ3n) is 6.20. The number of anilines is 1. The number of nitrogens with one attached hydrogen (secondary N) is 3. The molecule has 0 saturated heterocycles. The molecule has 0 aliphatic carbocycles. The van der Waals surface area contributed by atoms with Gasteiger partial charge < -0.3 is 29.8 Å². The standard InChI is InChI=1S/C27H29F5N6O5/c1-37(2)21(39)9-5-4-7-18(34-26(42)43-3)24(40)33-19-8-6-12-38(25(19)41)14-20-35-22-15(10-11-27(30,31)32)16(28)13-17(29)23(22)36-20/h5-6,8-9,12-13,18H,4,7,10-11,14H2,1-3H3,(H,33,40)(H,34,42)(H,35,36)/b9-5+. The summed E-state index contributed by atoms with van der Waals surface area (Å²) in [6.07, 6.45) is -3.14. The number of amides is 3. The average molecular weight is 613 g/mol. The van der Waals surface area contributed by atoms with E-state index in [0.29, 0.717) is 6.07 Å². The van der Waals surface area contributed by atoms with E-state index in [4.69, 9.17) is 0 Å². The number of aromatic nitrogens is 3. The summed E-state index contributed by atoms with van der Waals surface area (Å²) in [5.74, 6) is -3.35. The topological polar surface area (TPSA) is 138 Å². The maximum Gasteiger partial charge on any atom is 0.407 e. The molecule has 0 saturated carbocycles. The number of benzene rings is 1. The quantitative estimate of drug-likeness (QED) is 0.223. The summed E-state index contributed by atoms with van der Waals surface area (Å²) >= 11 is 0. The van der Waals surface area contributed by atoms with E-state index in [9.17, 15) is 41.1 Å². The highest BCUT2D eigenvalue weighted by Gasteiger charge is 2.29. The smallest absolute Gasteiger partial charge is 0.407 e. The number of ether oxygens (including phenoxy) is 1. The number of pyridine rings is 1. The Labute approximate surface area is 241 Å². The minimum atomic E-state index is -4.57. The van der Waals surface area contributed by atoms with Gasteiger partial charge in [-0.05, 0) is 37.5 Å². The minimum absolute atomic E-state index is 0.0525. The number of alkyl carbamates (subject to hydrolysis) is 1. The Morgan fingerprint density at radius 1 is 1.21 bits per heavy atom. The number of hydrogen-bond donors (Lipinski definition) is 3. The van der Waals surface area contributed by atoms with Crippen LogP contribution in [0.3, 0.4) is 0 Å².